The number of phenols is 1. The van der Waals surface area contributed by atoms with Gasteiger partial charge in [0.05, 0.1) is 17.8 Å². The normalized spacial score (nSPS) is 28.6. The maximum atomic E-state index is 14.4. The van der Waals surface area contributed by atoms with Gasteiger partial charge < -0.3 is 25.0 Å². The molecule has 8 rings (SSSR count). The van der Waals surface area contributed by atoms with Crippen LogP contribution in [0.25, 0.3) is 10.8 Å². The van der Waals surface area contributed by atoms with Gasteiger partial charge in [0, 0.05) is 73.0 Å². The average molecular weight is 569 g/mol. The molecule has 218 valence electrons. The molecule has 42 heavy (non-hydrogen) atoms. The monoisotopic (exact) mass is 568 g/mol. The average Bonchev–Trinajstić information content (AvgIpc) is 3.64. The Morgan fingerprint density at radius 3 is 2.81 bits per heavy atom. The van der Waals surface area contributed by atoms with E-state index in [0.29, 0.717) is 44.2 Å². The van der Waals surface area contributed by atoms with Crippen molar-refractivity contribution in [3.8, 4) is 24.1 Å². The van der Waals surface area contributed by atoms with Crippen molar-refractivity contribution in [2.75, 3.05) is 49.1 Å². The highest BCUT2D eigenvalue weighted by atomic mass is 19.1. The van der Waals surface area contributed by atoms with E-state index in [4.69, 9.17) is 21.1 Å². The fourth-order valence-corrected chi connectivity index (χ4v) is 8.30. The van der Waals surface area contributed by atoms with Gasteiger partial charge in [-0.15, -0.1) is 6.42 Å². The van der Waals surface area contributed by atoms with Gasteiger partial charge in [-0.25, -0.2) is 4.39 Å². The van der Waals surface area contributed by atoms with E-state index in [9.17, 15) is 9.50 Å². The molecule has 0 saturated carbocycles. The third-order valence-electron chi connectivity index (χ3n) is 10.2. The minimum absolute atomic E-state index is 0.212. The molecule has 2 unspecified atom stereocenters. The molecule has 4 atom stereocenters. The number of nitrogens with zero attached hydrogens (tertiary/aromatic N) is 5. The van der Waals surface area contributed by atoms with Crippen molar-refractivity contribution in [3.63, 3.8) is 0 Å². The van der Waals surface area contributed by atoms with Crippen molar-refractivity contribution >= 4 is 22.3 Å². The first-order chi connectivity index (χ1) is 20.5. The van der Waals surface area contributed by atoms with Crippen LogP contribution in [-0.4, -0.2) is 83.1 Å². The molecule has 5 aliphatic rings. The molecule has 5 aliphatic heterocycles. The highest BCUT2D eigenvalue weighted by Crippen LogP contribution is 2.41. The predicted octanol–water partition coefficient (Wildman–Crippen LogP) is 3.78. The van der Waals surface area contributed by atoms with Crippen LogP contribution in [0.15, 0.2) is 30.3 Å². The Labute approximate surface area is 245 Å². The number of hydrogen-bond donors (Lipinski definition) is 2. The van der Waals surface area contributed by atoms with E-state index in [1.807, 2.05) is 24.3 Å². The van der Waals surface area contributed by atoms with Crippen LogP contribution in [-0.2, 0) is 13.0 Å². The molecule has 2 bridgehead atoms. The number of aromatic nitrogens is 2. The number of hydrogen-bond acceptors (Lipinski definition) is 8. The number of alkyl halides is 1. The van der Waals surface area contributed by atoms with Gasteiger partial charge in [-0.1, -0.05) is 18.1 Å². The summed E-state index contributed by atoms with van der Waals surface area (Å²) in [6.45, 7) is 4.99. The van der Waals surface area contributed by atoms with E-state index in [1.165, 1.54) is 18.4 Å². The zero-order valence-corrected chi connectivity index (χ0v) is 23.9. The standard InChI is InChI=1S/C33H37FN6O2/c1-2-21-5-3-6-22-13-26(41)14-29(30(21)22)38-12-9-27-28(19-38)36-32(37-31(27)39-17-24-7-8-25(18-39)35-24)42-20-33-10-4-11-40(33)16-23(34)15-33/h1,3,5-6,13-14,23-25,35,41H,4,7-12,15-20H2/t23-,24?,25?,33+/m1/s1. The van der Waals surface area contributed by atoms with E-state index in [0.717, 1.165) is 79.0 Å². The number of ether oxygens (including phenoxy) is 1. The van der Waals surface area contributed by atoms with E-state index < -0.39 is 6.17 Å². The van der Waals surface area contributed by atoms with Crippen LogP contribution >= 0.6 is 0 Å². The number of anilines is 2. The zero-order valence-electron chi connectivity index (χ0n) is 23.9. The van der Waals surface area contributed by atoms with E-state index >= 15 is 0 Å². The van der Waals surface area contributed by atoms with Crippen LogP contribution in [0.5, 0.6) is 11.8 Å². The molecule has 0 amide bonds. The maximum Gasteiger partial charge on any atom is 0.318 e. The number of nitrogens with one attached hydrogen (secondary N) is 1. The molecule has 2 N–H and O–H groups in total. The van der Waals surface area contributed by atoms with Gasteiger partial charge >= 0.3 is 6.01 Å². The fraction of sp³-hybridized carbons (Fsp3) is 0.515. The molecular formula is C33H37FN6O2. The first-order valence-electron chi connectivity index (χ1n) is 15.4. The molecule has 0 spiro atoms. The van der Waals surface area contributed by atoms with Gasteiger partial charge in [0.25, 0.3) is 0 Å². The molecule has 0 radical (unpaired) electrons. The first-order valence-corrected chi connectivity index (χ1v) is 15.4. The quantitative estimate of drug-likeness (QED) is 0.451. The number of phenolic OH excluding ortho intramolecular Hbond substituents is 1. The van der Waals surface area contributed by atoms with E-state index in [2.05, 4.69) is 25.9 Å². The van der Waals surface area contributed by atoms with Crippen molar-refractivity contribution in [3.05, 3.63) is 47.2 Å². The molecular weight excluding hydrogens is 531 g/mol. The summed E-state index contributed by atoms with van der Waals surface area (Å²) in [5, 5.41) is 16.2. The zero-order chi connectivity index (χ0) is 28.4. The van der Waals surface area contributed by atoms with Crippen molar-refractivity contribution in [1.29, 1.82) is 0 Å². The maximum absolute atomic E-state index is 14.4. The number of aromatic hydroxyl groups is 1. The Bertz CT molecular complexity index is 1580. The number of piperazine rings is 1. The SMILES string of the molecule is C#Cc1cccc2cc(O)cc(N3CCc4c(nc(OC[C@@]56CCCN5C[C@H](F)C6)nc4N4CC5CCC(C4)N5)C3)c12. The summed E-state index contributed by atoms with van der Waals surface area (Å²) in [6.07, 6.45) is 10.8. The van der Waals surface area contributed by atoms with Gasteiger partial charge in [-0.2, -0.15) is 9.97 Å². The third-order valence-corrected chi connectivity index (χ3v) is 10.2. The van der Waals surface area contributed by atoms with Gasteiger partial charge in [0.2, 0.25) is 0 Å². The van der Waals surface area contributed by atoms with Crippen LogP contribution < -0.4 is 19.9 Å². The van der Waals surface area contributed by atoms with Crippen LogP contribution in [0.4, 0.5) is 15.9 Å². The second kappa shape index (κ2) is 9.99. The van der Waals surface area contributed by atoms with Crippen LogP contribution in [0.1, 0.15) is 48.9 Å². The molecule has 4 fully saturated rings. The molecule has 8 nitrogen and oxygen atoms in total. The summed E-state index contributed by atoms with van der Waals surface area (Å²) in [5.74, 6) is 4.02. The number of benzene rings is 2. The number of terminal acetylenes is 1. The van der Waals surface area contributed by atoms with Crippen molar-refractivity contribution < 1.29 is 14.2 Å². The number of rotatable bonds is 5. The smallest absolute Gasteiger partial charge is 0.318 e. The summed E-state index contributed by atoms with van der Waals surface area (Å²) in [7, 11) is 0. The lowest BCUT2D eigenvalue weighted by Gasteiger charge is -2.38. The van der Waals surface area contributed by atoms with Crippen LogP contribution in [0, 0.1) is 12.3 Å². The largest absolute Gasteiger partial charge is 0.508 e. The highest BCUT2D eigenvalue weighted by Gasteiger charge is 2.49. The Morgan fingerprint density at radius 2 is 1.98 bits per heavy atom. The van der Waals surface area contributed by atoms with Crippen LogP contribution in [0.2, 0.25) is 0 Å². The van der Waals surface area contributed by atoms with E-state index in [1.54, 1.807) is 6.07 Å². The molecule has 3 aromatic rings. The molecule has 0 aliphatic carbocycles. The minimum Gasteiger partial charge on any atom is -0.508 e. The minimum atomic E-state index is -0.802. The second-order valence-electron chi connectivity index (χ2n) is 12.8. The highest BCUT2D eigenvalue weighted by molar-refractivity contribution is 6.00. The Balaban J connectivity index is 1.16. The summed E-state index contributed by atoms with van der Waals surface area (Å²) in [6, 6.07) is 10.8. The van der Waals surface area contributed by atoms with Gasteiger partial charge in [0.15, 0.2) is 0 Å². The van der Waals surface area contributed by atoms with Crippen LogP contribution in [0.3, 0.4) is 0 Å². The number of fused-ring (bicyclic) bond motifs is 5. The molecule has 1 aromatic heterocycles. The molecule has 6 heterocycles. The lowest BCUT2D eigenvalue weighted by molar-refractivity contribution is 0.107. The van der Waals surface area contributed by atoms with Crippen molar-refractivity contribution in [2.45, 2.75) is 68.9 Å². The van der Waals surface area contributed by atoms with E-state index in [-0.39, 0.29) is 11.3 Å². The first kappa shape index (κ1) is 26.1. The third kappa shape index (κ3) is 4.35. The Hall–Kier alpha value is -3.61. The molecule has 9 heteroatoms. The number of halogens is 1. The van der Waals surface area contributed by atoms with Crippen molar-refractivity contribution in [1.82, 2.24) is 20.2 Å². The summed E-state index contributed by atoms with van der Waals surface area (Å²) < 4.78 is 20.9. The molecule has 2 aromatic carbocycles. The Morgan fingerprint density at radius 1 is 1.12 bits per heavy atom. The van der Waals surface area contributed by atoms with Crippen molar-refractivity contribution in [2.24, 2.45) is 0 Å². The predicted molar refractivity (Wildman–Crippen MR) is 161 cm³/mol. The lowest BCUT2D eigenvalue weighted by atomic mass is 9.95. The van der Waals surface area contributed by atoms with Gasteiger partial charge in [-0.05, 0) is 56.2 Å². The summed E-state index contributed by atoms with van der Waals surface area (Å²) in [4.78, 5) is 17.0. The lowest BCUT2D eigenvalue weighted by Crippen LogP contribution is -2.52. The molecule has 4 saturated heterocycles. The topological polar surface area (TPSA) is 77.0 Å². The summed E-state index contributed by atoms with van der Waals surface area (Å²) in [5.41, 5.74) is 3.57. The summed E-state index contributed by atoms with van der Waals surface area (Å²) >= 11 is 0. The fourth-order valence-electron chi connectivity index (χ4n) is 8.30. The Kier molecular flexibility index (Phi) is 6.20. The van der Waals surface area contributed by atoms with Gasteiger partial charge in [0.1, 0.15) is 24.3 Å². The van der Waals surface area contributed by atoms with Gasteiger partial charge in [-0.3, -0.25) is 4.90 Å². The second-order valence-corrected chi connectivity index (χ2v) is 12.8.